The van der Waals surface area contributed by atoms with E-state index in [4.69, 9.17) is 5.11 Å². The number of carbonyl (C=O) groups excluding carboxylic acids is 1. The number of rotatable bonds is 5. The van der Waals surface area contributed by atoms with Crippen LogP contribution in [-0.4, -0.2) is 28.7 Å². The molecular formula is C13H26N2O3. The second-order valence-corrected chi connectivity index (χ2v) is 6.46. The highest BCUT2D eigenvalue weighted by Crippen LogP contribution is 2.18. The third kappa shape index (κ3) is 7.14. The second kappa shape index (κ2) is 6.07. The molecule has 5 heteroatoms. The van der Waals surface area contributed by atoms with Gasteiger partial charge in [-0.3, -0.25) is 4.79 Å². The van der Waals surface area contributed by atoms with E-state index in [2.05, 4.69) is 10.6 Å². The average Bonchev–Trinajstić information content (AvgIpc) is 2.12. The minimum Gasteiger partial charge on any atom is -0.481 e. The lowest BCUT2D eigenvalue weighted by Gasteiger charge is -2.31. The van der Waals surface area contributed by atoms with Gasteiger partial charge >= 0.3 is 12.0 Å². The van der Waals surface area contributed by atoms with Crippen LogP contribution in [0, 0.1) is 5.41 Å². The van der Waals surface area contributed by atoms with Gasteiger partial charge < -0.3 is 15.7 Å². The molecule has 5 nitrogen and oxygen atoms in total. The van der Waals surface area contributed by atoms with Gasteiger partial charge in [-0.25, -0.2) is 4.79 Å². The Morgan fingerprint density at radius 1 is 1.17 bits per heavy atom. The highest BCUT2D eigenvalue weighted by molar-refractivity contribution is 5.75. The molecule has 0 aliphatic carbocycles. The highest BCUT2D eigenvalue weighted by Gasteiger charge is 2.25. The van der Waals surface area contributed by atoms with Gasteiger partial charge in [0.25, 0.3) is 0 Å². The van der Waals surface area contributed by atoms with Crippen LogP contribution in [0.25, 0.3) is 0 Å². The molecule has 18 heavy (non-hydrogen) atoms. The molecule has 2 amide bonds. The molecule has 0 aliphatic heterocycles. The van der Waals surface area contributed by atoms with Gasteiger partial charge in [-0.2, -0.15) is 0 Å². The lowest BCUT2D eigenvalue weighted by Crippen LogP contribution is -2.53. The number of carboxylic acid groups (broad SMARTS) is 1. The number of aliphatic carboxylic acids is 1. The molecule has 0 saturated carbocycles. The lowest BCUT2D eigenvalue weighted by atomic mass is 9.88. The van der Waals surface area contributed by atoms with Gasteiger partial charge in [0.2, 0.25) is 0 Å². The molecule has 0 bridgehead atoms. The maximum atomic E-state index is 11.8. The normalized spacial score (nSPS) is 13.9. The van der Waals surface area contributed by atoms with Gasteiger partial charge in [0.1, 0.15) is 0 Å². The molecule has 0 rings (SSSR count). The Morgan fingerprint density at radius 2 is 1.67 bits per heavy atom. The van der Waals surface area contributed by atoms with E-state index in [9.17, 15) is 9.59 Å². The van der Waals surface area contributed by atoms with Crippen LogP contribution in [-0.2, 0) is 4.79 Å². The third-order valence-corrected chi connectivity index (χ3v) is 3.06. The smallest absolute Gasteiger partial charge is 0.315 e. The topological polar surface area (TPSA) is 78.4 Å². The van der Waals surface area contributed by atoms with Gasteiger partial charge in [0.15, 0.2) is 0 Å². The summed E-state index contributed by atoms with van der Waals surface area (Å²) in [5.41, 5.74) is -0.539. The summed E-state index contributed by atoms with van der Waals surface area (Å²) in [6.07, 6.45) is 0.446. The molecule has 0 radical (unpaired) electrons. The average molecular weight is 258 g/mol. The molecule has 0 aromatic carbocycles. The van der Waals surface area contributed by atoms with E-state index in [0.29, 0.717) is 6.42 Å². The van der Waals surface area contributed by atoms with Crippen LogP contribution < -0.4 is 10.6 Å². The van der Waals surface area contributed by atoms with Crippen molar-refractivity contribution in [1.82, 2.24) is 10.6 Å². The van der Waals surface area contributed by atoms with E-state index in [1.54, 1.807) is 0 Å². The molecule has 0 aromatic heterocycles. The minimum absolute atomic E-state index is 0.0114. The number of hydrogen-bond donors (Lipinski definition) is 3. The molecular weight excluding hydrogens is 232 g/mol. The van der Waals surface area contributed by atoms with Crippen LogP contribution in [0.4, 0.5) is 4.79 Å². The molecule has 0 saturated heterocycles. The number of nitrogens with one attached hydrogen (secondary N) is 2. The van der Waals surface area contributed by atoms with Gasteiger partial charge in [-0.05, 0) is 32.6 Å². The van der Waals surface area contributed by atoms with Crippen molar-refractivity contribution in [1.29, 1.82) is 0 Å². The van der Waals surface area contributed by atoms with Crippen molar-refractivity contribution in [3.8, 4) is 0 Å². The molecule has 0 heterocycles. The van der Waals surface area contributed by atoms with Gasteiger partial charge in [0, 0.05) is 18.0 Å². The fourth-order valence-electron chi connectivity index (χ4n) is 1.24. The van der Waals surface area contributed by atoms with Crippen LogP contribution in [0.2, 0.25) is 0 Å². The molecule has 1 atom stereocenters. The number of carbonyl (C=O) groups is 2. The SMILES string of the molecule is CC(NC(=O)NC(C)(C)CCC(=O)O)C(C)(C)C. The van der Waals surface area contributed by atoms with Crippen molar-refractivity contribution < 1.29 is 14.7 Å². The van der Waals surface area contributed by atoms with Crippen LogP contribution in [0.1, 0.15) is 54.4 Å². The Kier molecular flexibility index (Phi) is 5.64. The summed E-state index contributed by atoms with van der Waals surface area (Å²) in [4.78, 5) is 22.3. The van der Waals surface area contributed by atoms with E-state index < -0.39 is 11.5 Å². The first-order valence-corrected chi connectivity index (χ1v) is 6.24. The molecule has 0 aliphatic rings. The van der Waals surface area contributed by atoms with Crippen LogP contribution in [0.5, 0.6) is 0 Å². The molecule has 0 fully saturated rings. The first-order valence-electron chi connectivity index (χ1n) is 6.24. The first-order chi connectivity index (χ1) is 7.94. The summed E-state index contributed by atoms with van der Waals surface area (Å²) in [6.45, 7) is 11.7. The standard InChI is InChI=1S/C13H26N2O3/c1-9(12(2,3)4)14-11(18)15-13(5,6)8-7-10(16)17/h9H,7-8H2,1-6H3,(H,16,17)(H2,14,15,18). The van der Waals surface area contributed by atoms with Crippen molar-refractivity contribution >= 4 is 12.0 Å². The Labute approximate surface area is 109 Å². The summed E-state index contributed by atoms with van der Waals surface area (Å²) < 4.78 is 0. The lowest BCUT2D eigenvalue weighted by molar-refractivity contribution is -0.137. The number of hydrogen-bond acceptors (Lipinski definition) is 2. The highest BCUT2D eigenvalue weighted by atomic mass is 16.4. The van der Waals surface area contributed by atoms with Crippen molar-refractivity contribution in [2.75, 3.05) is 0 Å². The van der Waals surface area contributed by atoms with E-state index in [-0.39, 0.29) is 23.9 Å². The monoisotopic (exact) mass is 258 g/mol. The number of amides is 2. The quantitative estimate of drug-likeness (QED) is 0.708. The van der Waals surface area contributed by atoms with Crippen LogP contribution in [0.15, 0.2) is 0 Å². The van der Waals surface area contributed by atoms with E-state index >= 15 is 0 Å². The molecule has 0 aromatic rings. The minimum atomic E-state index is -0.853. The molecule has 1 unspecified atom stereocenters. The van der Waals surface area contributed by atoms with E-state index in [1.165, 1.54) is 0 Å². The Bertz CT molecular complexity index is 306. The van der Waals surface area contributed by atoms with Crippen LogP contribution in [0.3, 0.4) is 0 Å². The van der Waals surface area contributed by atoms with E-state index in [1.807, 2.05) is 41.5 Å². The summed E-state index contributed by atoms with van der Waals surface area (Å²) in [5, 5.41) is 14.3. The van der Waals surface area contributed by atoms with Gasteiger partial charge in [0.05, 0.1) is 0 Å². The predicted molar refractivity (Wildman–Crippen MR) is 71.5 cm³/mol. The Morgan fingerprint density at radius 3 is 2.06 bits per heavy atom. The van der Waals surface area contributed by atoms with E-state index in [0.717, 1.165) is 0 Å². The van der Waals surface area contributed by atoms with Crippen molar-refractivity contribution in [3.63, 3.8) is 0 Å². The maximum absolute atomic E-state index is 11.8. The molecule has 0 spiro atoms. The summed E-state index contributed by atoms with van der Waals surface area (Å²) in [7, 11) is 0. The first kappa shape index (κ1) is 16.7. The third-order valence-electron chi connectivity index (χ3n) is 3.06. The zero-order valence-corrected chi connectivity index (χ0v) is 12.3. The summed E-state index contributed by atoms with van der Waals surface area (Å²) in [6, 6.07) is -0.222. The van der Waals surface area contributed by atoms with Gasteiger partial charge in [-0.15, -0.1) is 0 Å². The molecule has 106 valence electrons. The number of carboxylic acids is 1. The fourth-order valence-corrected chi connectivity index (χ4v) is 1.24. The molecule has 3 N–H and O–H groups in total. The zero-order chi connectivity index (χ0) is 14.6. The maximum Gasteiger partial charge on any atom is 0.315 e. The van der Waals surface area contributed by atoms with Gasteiger partial charge in [-0.1, -0.05) is 20.8 Å². The second-order valence-electron chi connectivity index (χ2n) is 6.46. The summed E-state index contributed by atoms with van der Waals surface area (Å²) in [5.74, 6) is -0.853. The fraction of sp³-hybridized carbons (Fsp3) is 0.846. The van der Waals surface area contributed by atoms with Crippen LogP contribution >= 0.6 is 0 Å². The predicted octanol–water partition coefficient (Wildman–Crippen LogP) is 2.36. The zero-order valence-electron chi connectivity index (χ0n) is 12.3. The summed E-state index contributed by atoms with van der Waals surface area (Å²) >= 11 is 0. The Balaban J connectivity index is 4.26. The Hall–Kier alpha value is -1.26. The number of urea groups is 1. The largest absolute Gasteiger partial charge is 0.481 e. The van der Waals surface area contributed by atoms with Crippen molar-refractivity contribution in [3.05, 3.63) is 0 Å². The van der Waals surface area contributed by atoms with Crippen molar-refractivity contribution in [2.24, 2.45) is 5.41 Å². The van der Waals surface area contributed by atoms with Crippen molar-refractivity contribution in [2.45, 2.75) is 66.0 Å².